The van der Waals surface area contributed by atoms with Gasteiger partial charge in [0.15, 0.2) is 12.4 Å². The van der Waals surface area contributed by atoms with Crippen molar-refractivity contribution in [3.8, 4) is 16.9 Å². The van der Waals surface area contributed by atoms with Crippen molar-refractivity contribution >= 4 is 17.7 Å². The molecule has 0 aliphatic carbocycles. The third kappa shape index (κ3) is 5.55. The van der Waals surface area contributed by atoms with E-state index < -0.39 is 0 Å². The van der Waals surface area contributed by atoms with Gasteiger partial charge in [0, 0.05) is 11.8 Å². The summed E-state index contributed by atoms with van der Waals surface area (Å²) >= 11 is 0. The lowest BCUT2D eigenvalue weighted by Crippen LogP contribution is -2.11. The molecule has 152 valence electrons. The lowest BCUT2D eigenvalue weighted by Gasteiger charge is -2.07. The summed E-state index contributed by atoms with van der Waals surface area (Å²) in [5.74, 6) is 0.603. The number of benzene rings is 4. The van der Waals surface area contributed by atoms with Gasteiger partial charge in [0.2, 0.25) is 0 Å². The number of carbonyl (C=O) groups excluding carboxylic acids is 1. The van der Waals surface area contributed by atoms with Crippen LogP contribution in [0.1, 0.15) is 21.5 Å². The van der Waals surface area contributed by atoms with E-state index in [9.17, 15) is 4.79 Å². The third-order valence-electron chi connectivity index (χ3n) is 4.96. The fourth-order valence-corrected chi connectivity index (χ4v) is 3.14. The standard InChI is InChI=1S/C28H23NO2/c1-21-7-15-26(16-8-21)29-19-22-9-17-27(18-10-22)31-20-28(30)25-13-11-24(12-14-25)23-5-3-2-4-6-23/h2-19H,20H2,1H3. The highest BCUT2D eigenvalue weighted by Crippen LogP contribution is 2.20. The number of ether oxygens (including phenoxy) is 1. The van der Waals surface area contributed by atoms with E-state index in [1.165, 1.54) is 5.56 Å². The maximum Gasteiger partial charge on any atom is 0.200 e. The fourth-order valence-electron chi connectivity index (χ4n) is 3.14. The van der Waals surface area contributed by atoms with Gasteiger partial charge in [0.25, 0.3) is 0 Å². The normalized spacial score (nSPS) is 10.9. The summed E-state index contributed by atoms with van der Waals surface area (Å²) in [5, 5.41) is 0. The van der Waals surface area contributed by atoms with E-state index in [0.717, 1.165) is 22.4 Å². The van der Waals surface area contributed by atoms with E-state index in [1.807, 2.05) is 97.2 Å². The lowest BCUT2D eigenvalue weighted by atomic mass is 10.0. The maximum atomic E-state index is 12.5. The van der Waals surface area contributed by atoms with Gasteiger partial charge in [-0.15, -0.1) is 0 Å². The molecule has 0 amide bonds. The molecule has 0 spiro atoms. The minimum atomic E-state index is -0.0513. The molecule has 31 heavy (non-hydrogen) atoms. The van der Waals surface area contributed by atoms with Crippen LogP contribution in [0.3, 0.4) is 0 Å². The second-order valence-corrected chi connectivity index (χ2v) is 7.32. The summed E-state index contributed by atoms with van der Waals surface area (Å²) in [7, 11) is 0. The Morgan fingerprint density at radius 3 is 2.10 bits per heavy atom. The Labute approximate surface area is 182 Å². The summed E-state index contributed by atoms with van der Waals surface area (Å²) in [6, 6.07) is 33.3. The number of aliphatic imine (C=N–C) groups is 1. The Kier molecular flexibility index (Phi) is 6.34. The first-order valence-electron chi connectivity index (χ1n) is 10.2. The Hall–Kier alpha value is -3.98. The number of rotatable bonds is 7. The Morgan fingerprint density at radius 1 is 0.774 bits per heavy atom. The molecule has 0 saturated heterocycles. The minimum Gasteiger partial charge on any atom is -0.485 e. The zero-order valence-corrected chi connectivity index (χ0v) is 17.4. The van der Waals surface area contributed by atoms with Crippen molar-refractivity contribution in [1.29, 1.82) is 0 Å². The molecule has 0 aromatic heterocycles. The van der Waals surface area contributed by atoms with Gasteiger partial charge in [0.05, 0.1) is 5.69 Å². The molecule has 3 heteroatoms. The van der Waals surface area contributed by atoms with Gasteiger partial charge in [-0.05, 0) is 60.0 Å². The van der Waals surface area contributed by atoms with Crippen molar-refractivity contribution in [2.45, 2.75) is 6.92 Å². The van der Waals surface area contributed by atoms with Crippen LogP contribution in [0.15, 0.2) is 108 Å². The number of ketones is 1. The summed E-state index contributed by atoms with van der Waals surface area (Å²) in [6.45, 7) is 2.05. The van der Waals surface area contributed by atoms with Crippen molar-refractivity contribution in [3.05, 3.63) is 120 Å². The van der Waals surface area contributed by atoms with Crippen molar-refractivity contribution in [2.75, 3.05) is 6.61 Å². The lowest BCUT2D eigenvalue weighted by molar-refractivity contribution is 0.0921. The smallest absolute Gasteiger partial charge is 0.200 e. The van der Waals surface area contributed by atoms with Crippen LogP contribution in [0.25, 0.3) is 11.1 Å². The van der Waals surface area contributed by atoms with Crippen molar-refractivity contribution < 1.29 is 9.53 Å². The van der Waals surface area contributed by atoms with E-state index in [4.69, 9.17) is 4.74 Å². The van der Waals surface area contributed by atoms with Gasteiger partial charge in [-0.2, -0.15) is 0 Å². The van der Waals surface area contributed by atoms with Crippen LogP contribution in [-0.4, -0.2) is 18.6 Å². The number of Topliss-reactive ketones (excluding diaryl/α,β-unsaturated/α-hetero) is 1. The molecule has 0 unspecified atom stereocenters. The third-order valence-corrected chi connectivity index (χ3v) is 4.96. The number of carbonyl (C=O) groups is 1. The summed E-state index contributed by atoms with van der Waals surface area (Å²) in [5.41, 5.74) is 5.94. The maximum absolute atomic E-state index is 12.5. The molecule has 0 heterocycles. The fraction of sp³-hybridized carbons (Fsp3) is 0.0714. The Bertz CT molecular complexity index is 1160. The summed E-state index contributed by atoms with van der Waals surface area (Å²) in [4.78, 5) is 16.9. The molecular weight excluding hydrogens is 382 g/mol. The Balaban J connectivity index is 1.32. The van der Waals surface area contributed by atoms with E-state index in [0.29, 0.717) is 11.3 Å². The molecule has 0 N–H and O–H groups in total. The second kappa shape index (κ2) is 9.68. The molecule has 0 aliphatic heterocycles. The molecule has 0 saturated carbocycles. The molecule has 0 bridgehead atoms. The van der Waals surface area contributed by atoms with Crippen LogP contribution < -0.4 is 4.74 Å². The first-order chi connectivity index (χ1) is 15.2. The van der Waals surface area contributed by atoms with E-state index in [-0.39, 0.29) is 12.4 Å². The van der Waals surface area contributed by atoms with Crippen LogP contribution in [0.2, 0.25) is 0 Å². The van der Waals surface area contributed by atoms with Crippen molar-refractivity contribution in [2.24, 2.45) is 4.99 Å². The highest BCUT2D eigenvalue weighted by Gasteiger charge is 2.07. The monoisotopic (exact) mass is 405 g/mol. The quantitative estimate of drug-likeness (QED) is 0.254. The SMILES string of the molecule is Cc1ccc(N=Cc2ccc(OCC(=O)c3ccc(-c4ccccc4)cc3)cc2)cc1. The summed E-state index contributed by atoms with van der Waals surface area (Å²) < 4.78 is 5.67. The van der Waals surface area contributed by atoms with Crippen LogP contribution in [-0.2, 0) is 0 Å². The van der Waals surface area contributed by atoms with Gasteiger partial charge >= 0.3 is 0 Å². The summed E-state index contributed by atoms with van der Waals surface area (Å²) in [6.07, 6.45) is 1.81. The molecule has 0 aliphatic rings. The first kappa shape index (κ1) is 20.3. The molecule has 0 fully saturated rings. The van der Waals surface area contributed by atoms with E-state index in [2.05, 4.69) is 24.0 Å². The highest BCUT2D eigenvalue weighted by molar-refractivity contribution is 5.97. The molecule has 0 radical (unpaired) electrons. The number of hydrogen-bond acceptors (Lipinski definition) is 3. The molecule has 3 nitrogen and oxygen atoms in total. The highest BCUT2D eigenvalue weighted by atomic mass is 16.5. The van der Waals surface area contributed by atoms with E-state index in [1.54, 1.807) is 0 Å². The zero-order chi connectivity index (χ0) is 21.5. The van der Waals surface area contributed by atoms with Crippen LogP contribution in [0.4, 0.5) is 5.69 Å². The van der Waals surface area contributed by atoms with Crippen LogP contribution in [0.5, 0.6) is 5.75 Å². The van der Waals surface area contributed by atoms with Gasteiger partial charge in [0.1, 0.15) is 5.75 Å². The number of aryl methyl sites for hydroxylation is 1. The molecule has 4 rings (SSSR count). The van der Waals surface area contributed by atoms with Gasteiger partial charge in [-0.1, -0.05) is 72.3 Å². The van der Waals surface area contributed by atoms with Crippen molar-refractivity contribution in [1.82, 2.24) is 0 Å². The average molecular weight is 405 g/mol. The van der Waals surface area contributed by atoms with Gasteiger partial charge < -0.3 is 4.74 Å². The first-order valence-corrected chi connectivity index (χ1v) is 10.2. The molecular formula is C28H23NO2. The number of nitrogens with zero attached hydrogens (tertiary/aromatic N) is 1. The molecule has 4 aromatic rings. The zero-order valence-electron chi connectivity index (χ0n) is 17.4. The largest absolute Gasteiger partial charge is 0.485 e. The van der Waals surface area contributed by atoms with E-state index >= 15 is 0 Å². The van der Waals surface area contributed by atoms with Crippen LogP contribution in [0, 0.1) is 6.92 Å². The second-order valence-electron chi connectivity index (χ2n) is 7.32. The van der Waals surface area contributed by atoms with Gasteiger partial charge in [-0.3, -0.25) is 9.79 Å². The Morgan fingerprint density at radius 2 is 1.42 bits per heavy atom. The molecule has 4 aromatic carbocycles. The van der Waals surface area contributed by atoms with Crippen molar-refractivity contribution in [3.63, 3.8) is 0 Å². The van der Waals surface area contributed by atoms with Gasteiger partial charge in [-0.25, -0.2) is 0 Å². The molecule has 0 atom stereocenters. The predicted molar refractivity (Wildman–Crippen MR) is 127 cm³/mol. The minimum absolute atomic E-state index is 0.00147. The average Bonchev–Trinajstić information content (AvgIpc) is 2.83. The van der Waals surface area contributed by atoms with Crippen LogP contribution >= 0.6 is 0 Å². The number of hydrogen-bond donors (Lipinski definition) is 0. The predicted octanol–water partition coefficient (Wildman–Crippen LogP) is 6.67. The topological polar surface area (TPSA) is 38.7 Å².